The summed E-state index contributed by atoms with van der Waals surface area (Å²) in [5.74, 6) is -0.578. The van der Waals surface area contributed by atoms with Gasteiger partial charge in [-0.2, -0.15) is 0 Å². The van der Waals surface area contributed by atoms with E-state index < -0.39 is 12.0 Å². The second-order valence-electron chi connectivity index (χ2n) is 4.81. The molecule has 1 N–H and O–H groups in total. The number of likely N-dealkylation sites (N-methyl/N-ethyl adjacent to an activating group) is 1. The average molecular weight is 279 g/mol. The Morgan fingerprint density at radius 1 is 1.55 bits per heavy atom. The lowest BCUT2D eigenvalue weighted by Gasteiger charge is -2.20. The summed E-state index contributed by atoms with van der Waals surface area (Å²) >= 11 is 0. The molecule has 6 heteroatoms. The summed E-state index contributed by atoms with van der Waals surface area (Å²) in [4.78, 5) is 17.0. The van der Waals surface area contributed by atoms with Gasteiger partial charge in [0, 0.05) is 6.54 Å². The fourth-order valence-corrected chi connectivity index (χ4v) is 2.18. The molecule has 0 amide bonds. The number of hydrogen-bond acceptors (Lipinski definition) is 3. The van der Waals surface area contributed by atoms with Crippen LogP contribution in [0.2, 0.25) is 0 Å². The topological polar surface area (TPSA) is 58.4 Å². The third kappa shape index (κ3) is 2.51. The van der Waals surface area contributed by atoms with Gasteiger partial charge in [-0.3, -0.25) is 9.69 Å². The second-order valence-corrected chi connectivity index (χ2v) is 4.81. The molecule has 0 aliphatic heterocycles. The van der Waals surface area contributed by atoms with Crippen molar-refractivity contribution in [3.8, 4) is 0 Å². The molecular formula is C14H18FN3O2. The van der Waals surface area contributed by atoms with Gasteiger partial charge < -0.3 is 9.67 Å². The number of nitrogens with zero attached hydrogens (tertiary/aromatic N) is 3. The van der Waals surface area contributed by atoms with Gasteiger partial charge in [-0.1, -0.05) is 6.07 Å². The number of aryl methyl sites for hydroxylation is 1. The number of hydrogen-bond donors (Lipinski definition) is 1. The van der Waals surface area contributed by atoms with Crippen LogP contribution in [-0.2, 0) is 17.9 Å². The van der Waals surface area contributed by atoms with Crippen LogP contribution in [0, 0.1) is 5.82 Å². The summed E-state index contributed by atoms with van der Waals surface area (Å²) in [6, 6.07) is 4.23. The van der Waals surface area contributed by atoms with E-state index in [0.717, 1.165) is 5.52 Å². The Bertz CT molecular complexity index is 639. The molecule has 1 aromatic heterocycles. The van der Waals surface area contributed by atoms with E-state index in [-0.39, 0.29) is 5.82 Å². The lowest BCUT2D eigenvalue weighted by molar-refractivity contribution is -0.142. The normalized spacial score (nSPS) is 13.1. The molecule has 0 saturated carbocycles. The summed E-state index contributed by atoms with van der Waals surface area (Å²) in [6.45, 7) is 4.58. The largest absolute Gasteiger partial charge is 0.480 e. The maximum absolute atomic E-state index is 13.8. The molecule has 0 bridgehead atoms. The van der Waals surface area contributed by atoms with Crippen LogP contribution in [0.4, 0.5) is 4.39 Å². The SMILES string of the molecule is CCn1c(CN(C)C(C)C(=O)O)nc2c(F)cccc21. The molecule has 20 heavy (non-hydrogen) atoms. The van der Waals surface area contributed by atoms with Crippen LogP contribution in [0.3, 0.4) is 0 Å². The Morgan fingerprint density at radius 2 is 2.25 bits per heavy atom. The molecule has 0 saturated heterocycles. The lowest BCUT2D eigenvalue weighted by Crippen LogP contribution is -2.36. The number of fused-ring (bicyclic) bond motifs is 1. The van der Waals surface area contributed by atoms with E-state index in [1.54, 1.807) is 24.9 Å². The number of halogens is 1. The predicted molar refractivity (Wildman–Crippen MR) is 73.9 cm³/mol. The molecular weight excluding hydrogens is 261 g/mol. The van der Waals surface area contributed by atoms with Gasteiger partial charge in [0.1, 0.15) is 17.4 Å². The molecule has 1 heterocycles. The lowest BCUT2D eigenvalue weighted by atomic mass is 10.3. The predicted octanol–water partition coefficient (Wildman–Crippen LogP) is 2.10. The monoisotopic (exact) mass is 279 g/mol. The Labute approximate surface area is 116 Å². The van der Waals surface area contributed by atoms with E-state index in [2.05, 4.69) is 4.98 Å². The molecule has 2 rings (SSSR count). The van der Waals surface area contributed by atoms with Gasteiger partial charge in [-0.15, -0.1) is 0 Å². The van der Waals surface area contributed by atoms with Crippen LogP contribution in [-0.4, -0.2) is 38.6 Å². The van der Waals surface area contributed by atoms with E-state index >= 15 is 0 Å². The number of rotatable bonds is 5. The minimum absolute atomic E-state index is 0.334. The van der Waals surface area contributed by atoms with Gasteiger partial charge in [-0.05, 0) is 33.0 Å². The fraction of sp³-hybridized carbons (Fsp3) is 0.429. The number of aromatic nitrogens is 2. The van der Waals surface area contributed by atoms with Crippen LogP contribution < -0.4 is 0 Å². The Balaban J connectivity index is 2.39. The number of benzene rings is 1. The quantitative estimate of drug-likeness (QED) is 0.910. The molecule has 0 aliphatic rings. The van der Waals surface area contributed by atoms with Gasteiger partial charge in [0.15, 0.2) is 5.82 Å². The van der Waals surface area contributed by atoms with Gasteiger partial charge in [0.05, 0.1) is 12.1 Å². The molecule has 2 aromatic rings. The number of para-hydroxylation sites is 1. The molecule has 1 atom stereocenters. The van der Waals surface area contributed by atoms with E-state index in [4.69, 9.17) is 5.11 Å². The molecule has 108 valence electrons. The van der Waals surface area contributed by atoms with Crippen LogP contribution in [0.25, 0.3) is 11.0 Å². The van der Waals surface area contributed by atoms with E-state index in [1.807, 2.05) is 17.6 Å². The zero-order chi connectivity index (χ0) is 14.9. The first kappa shape index (κ1) is 14.5. The Hall–Kier alpha value is -1.95. The van der Waals surface area contributed by atoms with Crippen molar-refractivity contribution in [3.63, 3.8) is 0 Å². The van der Waals surface area contributed by atoms with Crippen molar-refractivity contribution in [1.29, 1.82) is 0 Å². The molecule has 0 spiro atoms. The third-order valence-electron chi connectivity index (χ3n) is 3.53. The maximum Gasteiger partial charge on any atom is 0.320 e. The van der Waals surface area contributed by atoms with E-state index in [9.17, 15) is 9.18 Å². The van der Waals surface area contributed by atoms with Crippen LogP contribution in [0.15, 0.2) is 18.2 Å². The first-order chi connectivity index (χ1) is 9.45. The van der Waals surface area contributed by atoms with Crippen LogP contribution >= 0.6 is 0 Å². The summed E-state index contributed by atoms with van der Waals surface area (Å²) in [5, 5.41) is 9.01. The zero-order valence-corrected chi connectivity index (χ0v) is 11.8. The Morgan fingerprint density at radius 3 is 2.85 bits per heavy atom. The first-order valence-corrected chi connectivity index (χ1v) is 6.52. The van der Waals surface area contributed by atoms with Crippen molar-refractivity contribution in [1.82, 2.24) is 14.5 Å². The second kappa shape index (κ2) is 5.58. The fourth-order valence-electron chi connectivity index (χ4n) is 2.18. The van der Waals surface area contributed by atoms with Crippen LogP contribution in [0.5, 0.6) is 0 Å². The van der Waals surface area contributed by atoms with Crippen molar-refractivity contribution in [2.75, 3.05) is 7.05 Å². The van der Waals surface area contributed by atoms with Crippen LogP contribution in [0.1, 0.15) is 19.7 Å². The van der Waals surface area contributed by atoms with Gasteiger partial charge in [0.2, 0.25) is 0 Å². The number of imidazole rings is 1. The van der Waals surface area contributed by atoms with Crippen molar-refractivity contribution < 1.29 is 14.3 Å². The molecule has 1 unspecified atom stereocenters. The smallest absolute Gasteiger partial charge is 0.320 e. The minimum atomic E-state index is -0.891. The Kier molecular flexibility index (Phi) is 4.04. The molecule has 0 radical (unpaired) electrons. The zero-order valence-electron chi connectivity index (χ0n) is 11.8. The molecule has 0 aliphatic carbocycles. The number of aliphatic carboxylic acids is 1. The molecule has 1 aromatic carbocycles. The van der Waals surface area contributed by atoms with Crippen molar-refractivity contribution in [3.05, 3.63) is 29.8 Å². The third-order valence-corrected chi connectivity index (χ3v) is 3.53. The summed E-state index contributed by atoms with van der Waals surface area (Å²) < 4.78 is 15.7. The van der Waals surface area contributed by atoms with Gasteiger partial charge in [-0.25, -0.2) is 9.37 Å². The van der Waals surface area contributed by atoms with Gasteiger partial charge in [0.25, 0.3) is 0 Å². The highest BCUT2D eigenvalue weighted by Gasteiger charge is 2.20. The highest BCUT2D eigenvalue weighted by molar-refractivity contribution is 5.76. The van der Waals surface area contributed by atoms with Crippen molar-refractivity contribution in [2.45, 2.75) is 33.0 Å². The average Bonchev–Trinajstić information content (AvgIpc) is 2.76. The van der Waals surface area contributed by atoms with Crippen molar-refractivity contribution in [2.24, 2.45) is 0 Å². The number of carboxylic acid groups (broad SMARTS) is 1. The standard InChI is InChI=1S/C14H18FN3O2/c1-4-18-11-7-5-6-10(15)13(11)16-12(18)8-17(3)9(2)14(19)20/h5-7,9H,4,8H2,1-3H3,(H,19,20). The molecule has 5 nitrogen and oxygen atoms in total. The van der Waals surface area contributed by atoms with Crippen molar-refractivity contribution >= 4 is 17.0 Å². The summed E-state index contributed by atoms with van der Waals surface area (Å²) in [5.41, 5.74) is 1.07. The molecule has 0 fully saturated rings. The van der Waals surface area contributed by atoms with Gasteiger partial charge >= 0.3 is 5.97 Å². The minimum Gasteiger partial charge on any atom is -0.480 e. The summed E-state index contributed by atoms with van der Waals surface area (Å²) in [7, 11) is 1.72. The van der Waals surface area contributed by atoms with E-state index in [1.165, 1.54) is 6.07 Å². The van der Waals surface area contributed by atoms with E-state index in [0.29, 0.717) is 24.4 Å². The first-order valence-electron chi connectivity index (χ1n) is 6.52. The summed E-state index contributed by atoms with van der Waals surface area (Å²) in [6.07, 6.45) is 0. The number of carbonyl (C=O) groups is 1. The number of carboxylic acids is 1. The highest BCUT2D eigenvalue weighted by atomic mass is 19.1. The highest BCUT2D eigenvalue weighted by Crippen LogP contribution is 2.20. The maximum atomic E-state index is 13.8.